The highest BCUT2D eigenvalue weighted by Crippen LogP contribution is 2.34. The Labute approximate surface area is 205 Å². The van der Waals surface area contributed by atoms with Crippen LogP contribution in [0, 0.1) is 0 Å². The summed E-state index contributed by atoms with van der Waals surface area (Å²) in [7, 11) is 0. The van der Waals surface area contributed by atoms with Gasteiger partial charge in [0.15, 0.2) is 17.2 Å². The zero-order chi connectivity index (χ0) is 25.0. The number of halogens is 4. The molecule has 0 saturated heterocycles. The number of rotatable bonds is 7. The average molecular weight is 501 g/mol. The molecule has 35 heavy (non-hydrogen) atoms. The molecule has 0 fully saturated rings. The zero-order valence-corrected chi connectivity index (χ0v) is 19.3. The van der Waals surface area contributed by atoms with Gasteiger partial charge in [0.2, 0.25) is 0 Å². The molecule has 0 atom stereocenters. The number of carbonyl (C=O) groups excluding carboxylic acids is 1. The molecule has 0 radical (unpaired) electrons. The van der Waals surface area contributed by atoms with Gasteiger partial charge in [-0.25, -0.2) is 0 Å². The van der Waals surface area contributed by atoms with Gasteiger partial charge in [0.25, 0.3) is 5.91 Å². The van der Waals surface area contributed by atoms with Gasteiger partial charge in [0.05, 0.1) is 17.9 Å². The maximum Gasteiger partial charge on any atom is 0.435 e. The van der Waals surface area contributed by atoms with E-state index in [0.717, 1.165) is 16.6 Å². The molecule has 0 spiro atoms. The lowest BCUT2D eigenvalue weighted by molar-refractivity contribution is -0.114. The molecule has 5 nitrogen and oxygen atoms in total. The topological polar surface area (TPSA) is 51.1 Å². The number of amides is 1. The Morgan fingerprint density at radius 2 is 1.69 bits per heavy atom. The van der Waals surface area contributed by atoms with Gasteiger partial charge >= 0.3 is 6.18 Å². The van der Waals surface area contributed by atoms with Crippen LogP contribution in [0.25, 0.3) is 6.08 Å². The molecule has 0 aromatic heterocycles. The van der Waals surface area contributed by atoms with Gasteiger partial charge < -0.3 is 9.47 Å². The van der Waals surface area contributed by atoms with Crippen LogP contribution in [0.4, 0.5) is 18.9 Å². The first-order chi connectivity index (χ1) is 16.8. The summed E-state index contributed by atoms with van der Waals surface area (Å²) >= 11 is 5.90. The van der Waals surface area contributed by atoms with Crippen molar-refractivity contribution in [2.24, 2.45) is 5.10 Å². The third-order valence-corrected chi connectivity index (χ3v) is 5.29. The number of para-hydroxylation sites is 1. The molecule has 1 aliphatic rings. The highest BCUT2D eigenvalue weighted by atomic mass is 35.5. The van der Waals surface area contributed by atoms with Gasteiger partial charge in [0, 0.05) is 5.02 Å². The number of hydrogen-bond acceptors (Lipinski definition) is 4. The fourth-order valence-electron chi connectivity index (χ4n) is 3.41. The van der Waals surface area contributed by atoms with Crippen molar-refractivity contribution < 1.29 is 27.4 Å². The molecular weight excluding hydrogens is 481 g/mol. The Hall–Kier alpha value is -3.78. The third-order valence-electron chi connectivity index (χ3n) is 5.03. The Bertz CT molecular complexity index is 1270. The summed E-state index contributed by atoms with van der Waals surface area (Å²) in [6.45, 7) is 2.33. The van der Waals surface area contributed by atoms with E-state index in [4.69, 9.17) is 21.1 Å². The summed E-state index contributed by atoms with van der Waals surface area (Å²) in [6.07, 6.45) is -3.65. The van der Waals surface area contributed by atoms with Crippen LogP contribution < -0.4 is 14.5 Å². The average Bonchev–Trinajstić information content (AvgIpc) is 3.17. The number of nitrogens with zero attached hydrogens (tertiary/aromatic N) is 2. The molecule has 4 rings (SSSR count). The molecule has 1 aliphatic heterocycles. The minimum absolute atomic E-state index is 0.239. The first-order valence-corrected chi connectivity index (χ1v) is 11.1. The van der Waals surface area contributed by atoms with Crippen LogP contribution in [-0.2, 0) is 11.4 Å². The Morgan fingerprint density at radius 3 is 2.34 bits per heavy atom. The smallest absolute Gasteiger partial charge is 0.435 e. The first kappa shape index (κ1) is 24.3. The molecule has 180 valence electrons. The second kappa shape index (κ2) is 10.2. The summed E-state index contributed by atoms with van der Waals surface area (Å²) in [5, 5.41) is 4.93. The molecule has 0 saturated carbocycles. The lowest BCUT2D eigenvalue weighted by atomic mass is 10.1. The normalized spacial score (nSPS) is 14.9. The van der Waals surface area contributed by atoms with E-state index in [1.54, 1.807) is 49.4 Å². The van der Waals surface area contributed by atoms with Gasteiger partial charge in [-0.1, -0.05) is 48.0 Å². The molecule has 0 unspecified atom stereocenters. The molecule has 1 heterocycles. The van der Waals surface area contributed by atoms with E-state index in [2.05, 4.69) is 5.10 Å². The SMILES string of the molecule is CCOc1cc(/C=C2\C(=O)N(c3ccccc3)N=C2C(F)(F)F)ccc1OCc1ccc(Cl)cc1. The molecule has 0 aliphatic carbocycles. The summed E-state index contributed by atoms with van der Waals surface area (Å²) < 4.78 is 52.7. The Morgan fingerprint density at radius 1 is 0.971 bits per heavy atom. The number of hydrogen-bond donors (Lipinski definition) is 0. The van der Waals surface area contributed by atoms with Crippen molar-refractivity contribution in [2.45, 2.75) is 19.7 Å². The van der Waals surface area contributed by atoms with Crippen LogP contribution in [0.1, 0.15) is 18.1 Å². The lowest BCUT2D eigenvalue weighted by Gasteiger charge is -2.13. The van der Waals surface area contributed by atoms with Crippen molar-refractivity contribution in [2.75, 3.05) is 11.6 Å². The number of ether oxygens (including phenoxy) is 2. The lowest BCUT2D eigenvalue weighted by Crippen LogP contribution is -2.25. The summed E-state index contributed by atoms with van der Waals surface area (Å²) in [4.78, 5) is 12.9. The van der Waals surface area contributed by atoms with Crippen molar-refractivity contribution in [3.63, 3.8) is 0 Å². The van der Waals surface area contributed by atoms with Crippen LogP contribution in [0.3, 0.4) is 0 Å². The van der Waals surface area contributed by atoms with E-state index in [0.29, 0.717) is 28.7 Å². The number of alkyl halides is 3. The van der Waals surface area contributed by atoms with Gasteiger partial charge in [-0.15, -0.1) is 0 Å². The van der Waals surface area contributed by atoms with Crippen molar-refractivity contribution in [3.8, 4) is 11.5 Å². The molecule has 3 aromatic carbocycles. The summed E-state index contributed by atoms with van der Waals surface area (Å²) in [5.41, 5.74) is -0.358. The molecule has 3 aromatic rings. The van der Waals surface area contributed by atoms with E-state index in [-0.39, 0.29) is 12.3 Å². The molecule has 0 N–H and O–H groups in total. The fourth-order valence-corrected chi connectivity index (χ4v) is 3.53. The number of anilines is 1. The van der Waals surface area contributed by atoms with Crippen molar-refractivity contribution in [3.05, 3.63) is 94.5 Å². The van der Waals surface area contributed by atoms with E-state index < -0.39 is 23.4 Å². The monoisotopic (exact) mass is 500 g/mol. The second-order valence-corrected chi connectivity index (χ2v) is 7.95. The first-order valence-electron chi connectivity index (χ1n) is 10.7. The Kier molecular flexibility index (Phi) is 7.12. The predicted octanol–water partition coefficient (Wildman–Crippen LogP) is 6.67. The Balaban J connectivity index is 1.64. The molecule has 1 amide bonds. The van der Waals surface area contributed by atoms with Gasteiger partial charge in [-0.2, -0.15) is 23.3 Å². The standard InChI is InChI=1S/C26H20ClF3N2O3/c1-2-34-23-15-18(10-13-22(23)35-16-17-8-11-19(27)12-9-17)14-21-24(26(28,29)30)31-32(25(21)33)20-6-4-3-5-7-20/h3-15H,2,16H2,1H3/b21-14-. The second-order valence-electron chi connectivity index (χ2n) is 7.51. The largest absolute Gasteiger partial charge is 0.490 e. The van der Waals surface area contributed by atoms with Crippen LogP contribution in [0.5, 0.6) is 11.5 Å². The zero-order valence-electron chi connectivity index (χ0n) is 18.6. The van der Waals surface area contributed by atoms with Crippen molar-refractivity contribution in [1.82, 2.24) is 0 Å². The number of benzene rings is 3. The number of carbonyl (C=O) groups is 1. The minimum atomic E-state index is -4.81. The van der Waals surface area contributed by atoms with E-state index in [9.17, 15) is 18.0 Å². The maximum atomic E-state index is 13.7. The van der Waals surface area contributed by atoms with Gasteiger partial charge in [-0.05, 0) is 60.5 Å². The van der Waals surface area contributed by atoms with Crippen LogP contribution in [0.2, 0.25) is 5.02 Å². The van der Waals surface area contributed by atoms with Crippen LogP contribution >= 0.6 is 11.6 Å². The molecular formula is C26H20ClF3N2O3. The van der Waals surface area contributed by atoms with Crippen molar-refractivity contribution in [1.29, 1.82) is 0 Å². The van der Waals surface area contributed by atoms with Crippen LogP contribution in [0.15, 0.2) is 83.5 Å². The highest BCUT2D eigenvalue weighted by Gasteiger charge is 2.46. The van der Waals surface area contributed by atoms with E-state index in [1.165, 1.54) is 18.2 Å². The minimum Gasteiger partial charge on any atom is -0.490 e. The van der Waals surface area contributed by atoms with Gasteiger partial charge in [0.1, 0.15) is 6.61 Å². The number of hydrazone groups is 1. The van der Waals surface area contributed by atoms with Crippen molar-refractivity contribution >= 4 is 35.0 Å². The van der Waals surface area contributed by atoms with E-state index in [1.807, 2.05) is 12.1 Å². The van der Waals surface area contributed by atoms with Crippen LogP contribution in [-0.4, -0.2) is 24.4 Å². The van der Waals surface area contributed by atoms with Gasteiger partial charge in [-0.3, -0.25) is 4.79 Å². The fraction of sp³-hybridized carbons (Fsp3) is 0.154. The summed E-state index contributed by atoms with van der Waals surface area (Å²) in [6, 6.07) is 19.8. The highest BCUT2D eigenvalue weighted by molar-refractivity contribution is 6.34. The quantitative estimate of drug-likeness (QED) is 0.341. The molecule has 0 bridgehead atoms. The predicted molar refractivity (Wildman–Crippen MR) is 129 cm³/mol. The summed E-state index contributed by atoms with van der Waals surface area (Å²) in [5.74, 6) is -0.117. The molecule has 9 heteroatoms. The van der Waals surface area contributed by atoms with E-state index >= 15 is 0 Å². The maximum absolute atomic E-state index is 13.7. The third kappa shape index (κ3) is 5.66.